The van der Waals surface area contributed by atoms with Gasteiger partial charge in [0.05, 0.1) is 17.2 Å². The summed E-state index contributed by atoms with van der Waals surface area (Å²) in [5, 5.41) is 0.479. The molecule has 0 N–H and O–H groups in total. The summed E-state index contributed by atoms with van der Waals surface area (Å²) in [6, 6.07) is 5.11. The summed E-state index contributed by atoms with van der Waals surface area (Å²) >= 11 is 6.17. The number of aldehydes is 1. The number of rotatable bonds is 3. The van der Waals surface area contributed by atoms with E-state index in [0.29, 0.717) is 22.9 Å². The number of hydrogen-bond acceptors (Lipinski definition) is 4. The third-order valence-corrected chi connectivity index (χ3v) is 4.53. The molecule has 1 atom stereocenters. The molecule has 3 rings (SSSR count). The molecule has 0 aliphatic carbocycles. The minimum Gasteiger partial charge on any atom is -0.489 e. The van der Waals surface area contributed by atoms with Gasteiger partial charge in [0.1, 0.15) is 18.1 Å². The van der Waals surface area contributed by atoms with Crippen molar-refractivity contribution in [2.45, 2.75) is 37.4 Å². The van der Waals surface area contributed by atoms with Crippen molar-refractivity contribution in [2.24, 2.45) is 0 Å². The van der Waals surface area contributed by atoms with Gasteiger partial charge in [-0.25, -0.2) is 0 Å². The fourth-order valence-corrected chi connectivity index (χ4v) is 3.27. The molecular weight excluding hydrogens is 292 g/mol. The van der Waals surface area contributed by atoms with Crippen molar-refractivity contribution < 1.29 is 19.0 Å². The van der Waals surface area contributed by atoms with Gasteiger partial charge < -0.3 is 14.2 Å². The Morgan fingerprint density at radius 3 is 2.81 bits per heavy atom. The Balaban J connectivity index is 1.68. The zero-order valence-corrected chi connectivity index (χ0v) is 12.6. The van der Waals surface area contributed by atoms with Crippen LogP contribution in [-0.2, 0) is 9.47 Å². The minimum absolute atomic E-state index is 0.0939. The van der Waals surface area contributed by atoms with E-state index in [4.69, 9.17) is 25.8 Å². The SMILES string of the molecule is O=Cc1ccc(OC2CCOC3(CCOCC3)C2)c(Cl)c1. The molecule has 1 spiro atoms. The van der Waals surface area contributed by atoms with Crippen LogP contribution in [0.2, 0.25) is 5.02 Å². The molecule has 0 aromatic heterocycles. The Labute approximate surface area is 129 Å². The molecule has 0 radical (unpaired) electrons. The lowest BCUT2D eigenvalue weighted by Gasteiger charge is -2.43. The topological polar surface area (TPSA) is 44.8 Å². The molecule has 0 saturated carbocycles. The minimum atomic E-state index is -0.101. The fourth-order valence-electron chi connectivity index (χ4n) is 3.04. The van der Waals surface area contributed by atoms with Gasteiger partial charge in [0.2, 0.25) is 0 Å². The average molecular weight is 311 g/mol. The first kappa shape index (κ1) is 14.8. The van der Waals surface area contributed by atoms with Crippen LogP contribution in [-0.4, -0.2) is 37.8 Å². The predicted octanol–water partition coefficient (Wildman–Crippen LogP) is 3.26. The monoisotopic (exact) mass is 310 g/mol. The third-order valence-electron chi connectivity index (χ3n) is 4.24. The van der Waals surface area contributed by atoms with Crippen LogP contribution in [0.1, 0.15) is 36.0 Å². The quantitative estimate of drug-likeness (QED) is 0.804. The molecule has 4 nitrogen and oxygen atoms in total. The first-order valence-corrected chi connectivity index (χ1v) is 7.72. The Hall–Kier alpha value is -1.10. The van der Waals surface area contributed by atoms with Gasteiger partial charge >= 0.3 is 0 Å². The van der Waals surface area contributed by atoms with Crippen LogP contribution < -0.4 is 4.74 Å². The normalized spacial score (nSPS) is 24.7. The zero-order valence-electron chi connectivity index (χ0n) is 11.8. The maximum Gasteiger partial charge on any atom is 0.150 e. The molecule has 2 fully saturated rings. The highest BCUT2D eigenvalue weighted by Crippen LogP contribution is 2.37. The van der Waals surface area contributed by atoms with Gasteiger partial charge in [0.25, 0.3) is 0 Å². The Morgan fingerprint density at radius 2 is 2.10 bits per heavy atom. The summed E-state index contributed by atoms with van der Waals surface area (Å²) < 4.78 is 17.5. The molecule has 2 aliphatic rings. The van der Waals surface area contributed by atoms with Crippen LogP contribution in [0.3, 0.4) is 0 Å². The van der Waals surface area contributed by atoms with E-state index in [9.17, 15) is 4.79 Å². The smallest absolute Gasteiger partial charge is 0.150 e. The molecule has 21 heavy (non-hydrogen) atoms. The molecule has 0 bridgehead atoms. The highest BCUT2D eigenvalue weighted by Gasteiger charge is 2.40. The first-order valence-electron chi connectivity index (χ1n) is 7.34. The molecule has 5 heteroatoms. The first-order chi connectivity index (χ1) is 10.2. The fraction of sp³-hybridized carbons (Fsp3) is 0.562. The van der Waals surface area contributed by atoms with E-state index in [1.165, 1.54) is 0 Å². The van der Waals surface area contributed by atoms with Crippen molar-refractivity contribution in [3.8, 4) is 5.75 Å². The zero-order chi connectivity index (χ0) is 14.7. The number of ether oxygens (including phenoxy) is 3. The van der Waals surface area contributed by atoms with E-state index in [-0.39, 0.29) is 11.7 Å². The van der Waals surface area contributed by atoms with Crippen LogP contribution in [0.4, 0.5) is 0 Å². The van der Waals surface area contributed by atoms with Gasteiger partial charge in [-0.2, -0.15) is 0 Å². The van der Waals surface area contributed by atoms with Crippen molar-refractivity contribution in [3.05, 3.63) is 28.8 Å². The van der Waals surface area contributed by atoms with E-state index in [0.717, 1.165) is 45.2 Å². The third kappa shape index (κ3) is 3.39. The molecular formula is C16H19ClO4. The van der Waals surface area contributed by atoms with E-state index in [1.807, 2.05) is 0 Å². The highest BCUT2D eigenvalue weighted by molar-refractivity contribution is 6.32. The van der Waals surface area contributed by atoms with Crippen molar-refractivity contribution in [2.75, 3.05) is 19.8 Å². The van der Waals surface area contributed by atoms with Gasteiger partial charge in [-0.15, -0.1) is 0 Å². The summed E-state index contributed by atoms with van der Waals surface area (Å²) in [5.74, 6) is 0.636. The van der Waals surface area contributed by atoms with Gasteiger partial charge in [-0.3, -0.25) is 4.79 Å². The lowest BCUT2D eigenvalue weighted by molar-refractivity contribution is -0.155. The average Bonchev–Trinajstić information content (AvgIpc) is 2.50. The van der Waals surface area contributed by atoms with Crippen molar-refractivity contribution >= 4 is 17.9 Å². The molecule has 0 amide bonds. The molecule has 114 valence electrons. The van der Waals surface area contributed by atoms with Crippen molar-refractivity contribution in [3.63, 3.8) is 0 Å². The molecule has 1 aromatic carbocycles. The van der Waals surface area contributed by atoms with E-state index >= 15 is 0 Å². The van der Waals surface area contributed by atoms with Crippen LogP contribution in [0.15, 0.2) is 18.2 Å². The lowest BCUT2D eigenvalue weighted by atomic mass is 9.85. The number of carbonyl (C=O) groups excluding carboxylic acids is 1. The number of benzene rings is 1. The van der Waals surface area contributed by atoms with Gasteiger partial charge in [-0.05, 0) is 31.0 Å². The highest BCUT2D eigenvalue weighted by atomic mass is 35.5. The van der Waals surface area contributed by atoms with Crippen molar-refractivity contribution in [1.82, 2.24) is 0 Å². The number of carbonyl (C=O) groups is 1. The molecule has 2 heterocycles. The van der Waals surface area contributed by atoms with Crippen LogP contribution in [0.25, 0.3) is 0 Å². The molecule has 1 unspecified atom stereocenters. The second kappa shape index (κ2) is 6.34. The summed E-state index contributed by atoms with van der Waals surface area (Å²) in [6.07, 6.45) is 4.43. The summed E-state index contributed by atoms with van der Waals surface area (Å²) in [7, 11) is 0. The largest absolute Gasteiger partial charge is 0.489 e. The molecule has 1 aromatic rings. The molecule has 2 saturated heterocycles. The second-order valence-electron chi connectivity index (χ2n) is 5.68. The number of halogens is 1. The van der Waals surface area contributed by atoms with E-state index < -0.39 is 0 Å². The van der Waals surface area contributed by atoms with Crippen LogP contribution in [0, 0.1) is 0 Å². The van der Waals surface area contributed by atoms with Crippen LogP contribution in [0.5, 0.6) is 5.75 Å². The number of hydrogen-bond donors (Lipinski definition) is 0. The summed E-state index contributed by atoms with van der Waals surface area (Å²) in [6.45, 7) is 2.21. The standard InChI is InChI=1S/C16H19ClO4/c17-14-9-12(11-18)1-2-15(14)21-13-3-6-20-16(10-13)4-7-19-8-5-16/h1-2,9,11,13H,3-8,10H2. The maximum absolute atomic E-state index is 10.7. The Morgan fingerprint density at radius 1 is 1.29 bits per heavy atom. The summed E-state index contributed by atoms with van der Waals surface area (Å²) in [5.41, 5.74) is 0.455. The predicted molar refractivity (Wildman–Crippen MR) is 79.2 cm³/mol. The van der Waals surface area contributed by atoms with E-state index in [2.05, 4.69) is 0 Å². The molecule has 2 aliphatic heterocycles. The van der Waals surface area contributed by atoms with Gasteiger partial charge in [-0.1, -0.05) is 11.6 Å². The van der Waals surface area contributed by atoms with Gasteiger partial charge in [0.15, 0.2) is 0 Å². The van der Waals surface area contributed by atoms with E-state index in [1.54, 1.807) is 18.2 Å². The second-order valence-corrected chi connectivity index (χ2v) is 6.09. The summed E-state index contributed by atoms with van der Waals surface area (Å²) in [4.78, 5) is 10.7. The maximum atomic E-state index is 10.7. The Bertz CT molecular complexity index is 505. The Kier molecular flexibility index (Phi) is 4.48. The lowest BCUT2D eigenvalue weighted by Crippen LogP contribution is -2.47. The van der Waals surface area contributed by atoms with Crippen LogP contribution >= 0.6 is 11.6 Å². The van der Waals surface area contributed by atoms with Gasteiger partial charge in [0, 0.05) is 31.6 Å². The van der Waals surface area contributed by atoms with Crippen molar-refractivity contribution in [1.29, 1.82) is 0 Å².